The van der Waals surface area contributed by atoms with Crippen molar-refractivity contribution < 1.29 is 38.9 Å². The molecule has 4 aliphatic carbocycles. The molecule has 2 unspecified atom stereocenters. The van der Waals surface area contributed by atoms with Gasteiger partial charge in [-0.15, -0.1) is 11.6 Å². The highest BCUT2D eigenvalue weighted by atomic mass is 35.5. The van der Waals surface area contributed by atoms with E-state index in [1.165, 1.54) is 6.08 Å². The first-order valence-corrected chi connectivity index (χ1v) is 14.1. The minimum Gasteiger partial charge on any atom is -0.457 e. The lowest BCUT2D eigenvalue weighted by atomic mass is 9.45. The monoisotopic (exact) mass is 570 g/mol. The van der Waals surface area contributed by atoms with Crippen LogP contribution in [0, 0.1) is 28.6 Å². The fraction of sp³-hybridized carbons (Fsp3) is 0.714. The Bertz CT molecular complexity index is 1100. The van der Waals surface area contributed by atoms with Crippen LogP contribution in [-0.4, -0.2) is 62.5 Å². The van der Waals surface area contributed by atoms with Crippen LogP contribution in [-0.2, 0) is 28.7 Å². The zero-order valence-corrected chi connectivity index (χ0v) is 23.7. The van der Waals surface area contributed by atoms with Gasteiger partial charge in [-0.25, -0.2) is 0 Å². The van der Waals surface area contributed by atoms with Gasteiger partial charge in [0, 0.05) is 24.2 Å². The molecule has 0 aliphatic heterocycles. The molecule has 0 aromatic heterocycles. The fourth-order valence-corrected chi connectivity index (χ4v) is 8.99. The van der Waals surface area contributed by atoms with Crippen molar-refractivity contribution in [2.75, 3.05) is 6.61 Å². The normalized spacial score (nSPS) is 42.3. The number of aliphatic hydroxyl groups excluding tert-OH is 2. The molecule has 3 fully saturated rings. The Labute approximate surface area is 232 Å². The van der Waals surface area contributed by atoms with Crippen LogP contribution in [0.4, 0.5) is 0 Å². The number of Topliss-reactive ketones (excluding diaryl/α,β-unsaturated/α-hetero) is 1. The number of alkyl halides is 2. The van der Waals surface area contributed by atoms with E-state index in [0.717, 1.165) is 5.57 Å². The maximum Gasteiger partial charge on any atom is 0.306 e. The molecule has 8 nitrogen and oxygen atoms in total. The number of carbonyl (C=O) groups is 4. The number of rotatable bonds is 7. The largest absolute Gasteiger partial charge is 0.457 e. The molecule has 4 rings (SSSR count). The second-order valence-electron chi connectivity index (χ2n) is 11.4. The molecule has 2 N–H and O–H groups in total. The highest BCUT2D eigenvalue weighted by molar-refractivity contribution is 6.26. The summed E-state index contributed by atoms with van der Waals surface area (Å²) in [5.74, 6) is -3.68. The third-order valence-electron chi connectivity index (χ3n) is 9.84. The van der Waals surface area contributed by atoms with Crippen molar-refractivity contribution in [3.8, 4) is 0 Å². The van der Waals surface area contributed by atoms with Crippen LogP contribution in [0.25, 0.3) is 0 Å². The van der Waals surface area contributed by atoms with Crippen molar-refractivity contribution in [3.63, 3.8) is 0 Å². The SMILES string of the molecule is CCC(=O)OCC(=O)[C@@]1(OC(=O)CC)[C@@H](C)C[C@H]2[C@@H]3CCC4=CC(=O)C=C[C@]4(C)C3(Cl)[C@@H](O)C[C@@]21C(O)Cl. The predicted molar refractivity (Wildman–Crippen MR) is 139 cm³/mol. The minimum atomic E-state index is -1.95. The number of allylic oxidation sites excluding steroid dienone is 4. The number of aliphatic hydroxyl groups is 2. The van der Waals surface area contributed by atoms with E-state index in [4.69, 9.17) is 32.7 Å². The summed E-state index contributed by atoms with van der Waals surface area (Å²) >= 11 is 14.0. The van der Waals surface area contributed by atoms with Crippen molar-refractivity contribution >= 4 is 46.7 Å². The summed E-state index contributed by atoms with van der Waals surface area (Å²) in [7, 11) is 0. The molecule has 0 bridgehead atoms. The lowest BCUT2D eigenvalue weighted by Crippen LogP contribution is -2.72. The van der Waals surface area contributed by atoms with Crippen molar-refractivity contribution in [1.82, 2.24) is 0 Å². The van der Waals surface area contributed by atoms with Crippen LogP contribution in [0.3, 0.4) is 0 Å². The third kappa shape index (κ3) is 3.77. The molecule has 0 radical (unpaired) electrons. The second kappa shape index (κ2) is 10.0. The van der Waals surface area contributed by atoms with Gasteiger partial charge in [0.1, 0.15) is 5.56 Å². The molecule has 0 aromatic rings. The zero-order chi connectivity index (χ0) is 28.3. The van der Waals surface area contributed by atoms with Gasteiger partial charge in [-0.05, 0) is 49.7 Å². The molecular formula is C28H36Cl2O8. The molecule has 210 valence electrons. The summed E-state index contributed by atoms with van der Waals surface area (Å²) < 4.78 is 11.1. The molecule has 0 heterocycles. The molecule has 4 aliphatic rings. The summed E-state index contributed by atoms with van der Waals surface area (Å²) in [5.41, 5.74) is -5.26. The van der Waals surface area contributed by atoms with Gasteiger partial charge in [-0.1, -0.05) is 50.9 Å². The third-order valence-corrected chi connectivity index (χ3v) is 11.2. The summed E-state index contributed by atoms with van der Waals surface area (Å²) in [6, 6.07) is 0. The topological polar surface area (TPSA) is 127 Å². The van der Waals surface area contributed by atoms with Crippen molar-refractivity contribution in [2.24, 2.45) is 28.6 Å². The molecule has 0 saturated heterocycles. The molecular weight excluding hydrogens is 535 g/mol. The summed E-state index contributed by atoms with van der Waals surface area (Å²) in [6.07, 6.45) is 4.60. The number of carbonyl (C=O) groups excluding carboxylic acids is 4. The van der Waals surface area contributed by atoms with E-state index in [0.29, 0.717) is 19.3 Å². The lowest BCUT2D eigenvalue weighted by Gasteiger charge is -2.64. The van der Waals surface area contributed by atoms with Crippen molar-refractivity contribution in [1.29, 1.82) is 0 Å². The summed E-state index contributed by atoms with van der Waals surface area (Å²) in [4.78, 5) is 49.6. The molecule has 0 aromatic carbocycles. The van der Waals surface area contributed by atoms with Gasteiger partial charge in [0.15, 0.2) is 18.0 Å². The van der Waals surface area contributed by atoms with Gasteiger partial charge in [-0.2, -0.15) is 0 Å². The molecule has 3 saturated carbocycles. The van der Waals surface area contributed by atoms with Crippen LogP contribution in [0.15, 0.2) is 23.8 Å². The quantitative estimate of drug-likeness (QED) is 0.351. The molecule has 38 heavy (non-hydrogen) atoms. The maximum atomic E-state index is 14.0. The number of ketones is 2. The zero-order valence-electron chi connectivity index (χ0n) is 22.2. The standard InChI is InChI=1S/C28H36Cl2O8/c1-5-22(34)37-14-21(33)28(38-23(35)6-2)15(3)11-19-18-8-7-16-12-17(31)9-10-25(16,4)27(18,30)20(32)13-26(19,28)24(29)36/h9-10,12,15,18-20,24,32,36H,5-8,11,13-14H2,1-4H3/t15-,18-,19-,20-,24?,25-,26-,27?,28-/m0/s1. The Kier molecular flexibility index (Phi) is 7.71. The van der Waals surface area contributed by atoms with Crippen molar-refractivity contribution in [3.05, 3.63) is 23.8 Å². The van der Waals surface area contributed by atoms with Gasteiger partial charge in [0.05, 0.1) is 16.4 Å². The molecule has 0 spiro atoms. The predicted octanol–water partition coefficient (Wildman–Crippen LogP) is 3.62. The summed E-state index contributed by atoms with van der Waals surface area (Å²) in [5, 5.41) is 23.1. The van der Waals surface area contributed by atoms with E-state index >= 15 is 0 Å². The first-order valence-electron chi connectivity index (χ1n) is 13.3. The van der Waals surface area contributed by atoms with Gasteiger partial charge in [0.2, 0.25) is 5.78 Å². The van der Waals surface area contributed by atoms with Crippen LogP contribution < -0.4 is 0 Å². The average molecular weight is 571 g/mol. The van der Waals surface area contributed by atoms with Gasteiger partial charge >= 0.3 is 11.9 Å². The summed E-state index contributed by atoms with van der Waals surface area (Å²) in [6.45, 7) is 6.17. The second-order valence-corrected chi connectivity index (χ2v) is 12.4. The molecule has 10 heteroatoms. The smallest absolute Gasteiger partial charge is 0.306 e. The van der Waals surface area contributed by atoms with E-state index in [9.17, 15) is 29.4 Å². The Morgan fingerprint density at radius 1 is 1.18 bits per heavy atom. The number of hydrogen-bond acceptors (Lipinski definition) is 8. The highest BCUT2D eigenvalue weighted by Gasteiger charge is 2.79. The number of ether oxygens (including phenoxy) is 2. The van der Waals surface area contributed by atoms with E-state index in [2.05, 4.69) is 0 Å². The average Bonchev–Trinajstić information content (AvgIpc) is 3.12. The first-order chi connectivity index (χ1) is 17.8. The number of fused-ring (bicyclic) bond motifs is 5. The van der Waals surface area contributed by atoms with E-state index in [-0.39, 0.29) is 25.0 Å². The fourth-order valence-electron chi connectivity index (χ4n) is 8.06. The Hall–Kier alpha value is -1.74. The minimum absolute atomic E-state index is 0.0356. The Morgan fingerprint density at radius 2 is 1.84 bits per heavy atom. The van der Waals surface area contributed by atoms with Gasteiger partial charge in [-0.3, -0.25) is 19.2 Å². The number of halogens is 2. The highest BCUT2D eigenvalue weighted by Crippen LogP contribution is 2.73. The van der Waals surface area contributed by atoms with E-state index < -0.39 is 75.1 Å². The Morgan fingerprint density at radius 3 is 2.45 bits per heavy atom. The van der Waals surface area contributed by atoms with Crippen LogP contribution in [0.1, 0.15) is 66.2 Å². The van der Waals surface area contributed by atoms with Crippen molar-refractivity contribution in [2.45, 2.75) is 88.4 Å². The molecule has 9 atom stereocenters. The number of hydrogen-bond donors (Lipinski definition) is 2. The van der Waals surface area contributed by atoms with Crippen LogP contribution in [0.2, 0.25) is 0 Å². The van der Waals surface area contributed by atoms with Crippen LogP contribution >= 0.6 is 23.2 Å². The Balaban J connectivity index is 1.88. The maximum absolute atomic E-state index is 14.0. The lowest BCUT2D eigenvalue weighted by molar-refractivity contribution is -0.219. The molecule has 0 amide bonds. The van der Waals surface area contributed by atoms with E-state index in [1.807, 2.05) is 6.92 Å². The number of esters is 2. The first kappa shape index (κ1) is 29.2. The van der Waals surface area contributed by atoms with Crippen LogP contribution in [0.5, 0.6) is 0 Å². The van der Waals surface area contributed by atoms with Gasteiger partial charge < -0.3 is 19.7 Å². The van der Waals surface area contributed by atoms with Gasteiger partial charge in [0.25, 0.3) is 0 Å². The van der Waals surface area contributed by atoms with E-state index in [1.54, 1.807) is 32.9 Å².